The minimum absolute atomic E-state index is 0.292. The first kappa shape index (κ1) is 11.4. The lowest BCUT2D eigenvalue weighted by molar-refractivity contribution is 0.407. The highest BCUT2D eigenvalue weighted by molar-refractivity contribution is 5.47. The molecule has 0 amide bonds. The van der Waals surface area contributed by atoms with E-state index in [1.54, 1.807) is 6.20 Å². The summed E-state index contributed by atoms with van der Waals surface area (Å²) in [5.74, 6) is 0.305. The molecular formula is C14H17N3O. The predicted molar refractivity (Wildman–Crippen MR) is 70.0 cm³/mol. The normalized spacial score (nSPS) is 32.1. The molecule has 3 N–H and O–H groups in total. The molecule has 0 radical (unpaired) electrons. The number of aromatic amines is 1. The number of allylic oxidation sites excluding steroid dienone is 2. The van der Waals surface area contributed by atoms with E-state index < -0.39 is 5.54 Å². The first-order valence-corrected chi connectivity index (χ1v) is 6.26. The number of hydrogen-bond acceptors (Lipinski definition) is 3. The maximum absolute atomic E-state index is 11.3. The van der Waals surface area contributed by atoms with Crippen molar-refractivity contribution in [2.45, 2.75) is 32.2 Å². The van der Waals surface area contributed by atoms with E-state index >= 15 is 0 Å². The topological polar surface area (TPSA) is 71.8 Å². The Balaban J connectivity index is 2.28. The Morgan fingerprint density at radius 1 is 1.61 bits per heavy atom. The molecule has 0 spiro atoms. The van der Waals surface area contributed by atoms with Crippen LogP contribution in [0.25, 0.3) is 0 Å². The van der Waals surface area contributed by atoms with E-state index in [1.165, 1.54) is 11.1 Å². The number of nitrogens with one attached hydrogen (secondary N) is 1. The van der Waals surface area contributed by atoms with Gasteiger partial charge >= 0.3 is 5.69 Å². The molecule has 4 nitrogen and oxygen atoms in total. The molecule has 2 bridgehead atoms. The molecule has 2 aliphatic rings. The van der Waals surface area contributed by atoms with Crippen molar-refractivity contribution in [3.63, 3.8) is 0 Å². The van der Waals surface area contributed by atoms with E-state index in [4.69, 9.17) is 5.73 Å². The Morgan fingerprint density at radius 3 is 3.11 bits per heavy atom. The largest absolute Gasteiger partial charge is 0.345 e. The van der Waals surface area contributed by atoms with Gasteiger partial charge < -0.3 is 10.7 Å². The van der Waals surface area contributed by atoms with Crippen LogP contribution in [-0.2, 0) is 12.0 Å². The molecular weight excluding hydrogens is 226 g/mol. The SMILES string of the molecule is CC=C1[C@H]2C=C(C)C[C@]1(N)c1cnc(=O)[nH]c1C2. The van der Waals surface area contributed by atoms with Crippen molar-refractivity contribution in [3.05, 3.63) is 51.2 Å². The maximum Gasteiger partial charge on any atom is 0.345 e. The van der Waals surface area contributed by atoms with Gasteiger partial charge in [-0.2, -0.15) is 0 Å². The van der Waals surface area contributed by atoms with Crippen LogP contribution in [0.1, 0.15) is 31.5 Å². The van der Waals surface area contributed by atoms with Gasteiger partial charge in [0.15, 0.2) is 0 Å². The van der Waals surface area contributed by atoms with Gasteiger partial charge in [0.25, 0.3) is 0 Å². The highest BCUT2D eigenvalue weighted by Gasteiger charge is 2.44. The first-order chi connectivity index (χ1) is 8.54. The molecule has 0 saturated heterocycles. The quantitative estimate of drug-likeness (QED) is 0.676. The van der Waals surface area contributed by atoms with E-state index in [9.17, 15) is 4.79 Å². The fraction of sp³-hybridized carbons (Fsp3) is 0.429. The van der Waals surface area contributed by atoms with Crippen molar-refractivity contribution in [1.82, 2.24) is 9.97 Å². The van der Waals surface area contributed by atoms with Gasteiger partial charge in [-0.15, -0.1) is 0 Å². The molecule has 94 valence electrons. The van der Waals surface area contributed by atoms with Gasteiger partial charge in [0.1, 0.15) is 0 Å². The molecule has 0 unspecified atom stereocenters. The number of rotatable bonds is 0. The first-order valence-electron chi connectivity index (χ1n) is 6.26. The predicted octanol–water partition coefficient (Wildman–Crippen LogP) is 1.39. The second-order valence-corrected chi connectivity index (χ2v) is 5.30. The molecule has 1 heterocycles. The van der Waals surface area contributed by atoms with Crippen LogP contribution in [0.4, 0.5) is 0 Å². The van der Waals surface area contributed by atoms with Crippen LogP contribution in [0.5, 0.6) is 0 Å². The second kappa shape index (κ2) is 3.65. The molecule has 2 aliphatic carbocycles. The third kappa shape index (κ3) is 1.42. The van der Waals surface area contributed by atoms with Gasteiger partial charge in [0.05, 0.1) is 5.54 Å². The molecule has 3 rings (SSSR count). The summed E-state index contributed by atoms with van der Waals surface area (Å²) < 4.78 is 0. The van der Waals surface area contributed by atoms with Crippen LogP contribution in [0.2, 0.25) is 0 Å². The lowest BCUT2D eigenvalue weighted by atomic mass is 9.64. The molecule has 2 atom stereocenters. The van der Waals surface area contributed by atoms with Crippen molar-refractivity contribution < 1.29 is 0 Å². The summed E-state index contributed by atoms with van der Waals surface area (Å²) in [5, 5.41) is 0. The highest BCUT2D eigenvalue weighted by atomic mass is 16.1. The van der Waals surface area contributed by atoms with Crippen molar-refractivity contribution in [3.8, 4) is 0 Å². The van der Waals surface area contributed by atoms with Crippen LogP contribution in [0, 0.1) is 5.92 Å². The lowest BCUT2D eigenvalue weighted by Crippen LogP contribution is -2.48. The minimum Gasteiger partial charge on any atom is -0.318 e. The Kier molecular flexibility index (Phi) is 2.32. The number of hydrogen-bond donors (Lipinski definition) is 2. The molecule has 1 aromatic rings. The van der Waals surface area contributed by atoms with Crippen molar-refractivity contribution >= 4 is 0 Å². The van der Waals surface area contributed by atoms with E-state index in [1.807, 2.05) is 6.92 Å². The van der Waals surface area contributed by atoms with Crippen molar-refractivity contribution in [1.29, 1.82) is 0 Å². The smallest absolute Gasteiger partial charge is 0.318 e. The standard InChI is InChI=1S/C14H17N3O/c1-3-10-9-4-8(2)6-14(10,15)11-7-16-13(18)17-12(11)5-9/h3-4,7,9H,5-6,15H2,1-2H3,(H,16,17,18)/t9-,14+/m0/s1. The van der Waals surface area contributed by atoms with Crippen LogP contribution in [0.15, 0.2) is 34.3 Å². The zero-order chi connectivity index (χ0) is 12.9. The van der Waals surface area contributed by atoms with Gasteiger partial charge in [-0.05, 0) is 32.3 Å². The molecule has 18 heavy (non-hydrogen) atoms. The van der Waals surface area contributed by atoms with Crippen LogP contribution in [0.3, 0.4) is 0 Å². The summed E-state index contributed by atoms with van der Waals surface area (Å²) in [4.78, 5) is 18.0. The number of aromatic nitrogens is 2. The number of nitrogens with two attached hydrogens (primary N) is 1. The maximum atomic E-state index is 11.3. The van der Waals surface area contributed by atoms with Gasteiger partial charge in [-0.25, -0.2) is 9.78 Å². The summed E-state index contributed by atoms with van der Waals surface area (Å²) in [7, 11) is 0. The molecule has 0 fully saturated rings. The second-order valence-electron chi connectivity index (χ2n) is 5.30. The summed E-state index contributed by atoms with van der Waals surface area (Å²) in [6.07, 6.45) is 7.63. The van der Waals surface area contributed by atoms with E-state index in [0.717, 1.165) is 24.1 Å². The van der Waals surface area contributed by atoms with Crippen LogP contribution in [-0.4, -0.2) is 9.97 Å². The number of nitrogens with zero attached hydrogens (tertiary/aromatic N) is 1. The van der Waals surface area contributed by atoms with E-state index in [0.29, 0.717) is 5.92 Å². The molecule has 0 aromatic carbocycles. The van der Waals surface area contributed by atoms with E-state index in [2.05, 4.69) is 29.0 Å². The van der Waals surface area contributed by atoms with Crippen LogP contribution >= 0.6 is 0 Å². The van der Waals surface area contributed by atoms with Gasteiger partial charge in [-0.3, -0.25) is 0 Å². The highest BCUT2D eigenvalue weighted by Crippen LogP contribution is 2.47. The third-order valence-electron chi connectivity index (χ3n) is 4.07. The third-order valence-corrected chi connectivity index (χ3v) is 4.07. The number of H-pyrrole nitrogens is 1. The summed E-state index contributed by atoms with van der Waals surface area (Å²) in [6, 6.07) is 0. The lowest BCUT2D eigenvalue weighted by Gasteiger charge is -2.44. The van der Waals surface area contributed by atoms with Gasteiger partial charge in [0.2, 0.25) is 0 Å². The average molecular weight is 243 g/mol. The Morgan fingerprint density at radius 2 is 2.39 bits per heavy atom. The van der Waals surface area contributed by atoms with Crippen molar-refractivity contribution in [2.24, 2.45) is 11.7 Å². The van der Waals surface area contributed by atoms with E-state index in [-0.39, 0.29) is 5.69 Å². The van der Waals surface area contributed by atoms with Gasteiger partial charge in [-0.1, -0.05) is 17.7 Å². The Hall–Kier alpha value is -1.68. The fourth-order valence-electron chi connectivity index (χ4n) is 3.45. The molecule has 4 heteroatoms. The average Bonchev–Trinajstić information content (AvgIpc) is 2.26. The Bertz CT molecular complexity index is 626. The molecule has 1 aromatic heterocycles. The van der Waals surface area contributed by atoms with Gasteiger partial charge in [0, 0.05) is 23.4 Å². The van der Waals surface area contributed by atoms with Crippen LogP contribution < -0.4 is 11.4 Å². The number of fused-ring (bicyclic) bond motifs is 4. The zero-order valence-electron chi connectivity index (χ0n) is 10.7. The molecule has 0 saturated carbocycles. The summed E-state index contributed by atoms with van der Waals surface area (Å²) >= 11 is 0. The zero-order valence-corrected chi connectivity index (χ0v) is 10.7. The summed E-state index contributed by atoms with van der Waals surface area (Å²) in [5.41, 5.74) is 10.3. The monoisotopic (exact) mass is 243 g/mol. The van der Waals surface area contributed by atoms with Crippen molar-refractivity contribution in [2.75, 3.05) is 0 Å². The minimum atomic E-state index is -0.497. The molecule has 0 aliphatic heterocycles. The summed E-state index contributed by atoms with van der Waals surface area (Å²) in [6.45, 7) is 4.15. The Labute approximate surface area is 106 Å². The fourth-order valence-corrected chi connectivity index (χ4v) is 3.45.